The summed E-state index contributed by atoms with van der Waals surface area (Å²) in [7, 11) is 3.00. The lowest BCUT2D eigenvalue weighted by atomic mass is 10.1. The third-order valence-electron chi connectivity index (χ3n) is 5.38. The number of benzene rings is 1. The summed E-state index contributed by atoms with van der Waals surface area (Å²) in [6.45, 7) is 6.88. The Balaban J connectivity index is 1.50. The molecule has 1 aromatic heterocycles. The number of carbonyl (C=O) groups is 3. The molecule has 1 aromatic carbocycles. The van der Waals surface area contributed by atoms with Gasteiger partial charge in [0.15, 0.2) is 0 Å². The molecule has 1 fully saturated rings. The zero-order valence-electron chi connectivity index (χ0n) is 19.4. The van der Waals surface area contributed by atoms with Crippen LogP contribution in [0.15, 0.2) is 24.3 Å². The number of esters is 1. The first kappa shape index (κ1) is 24.7. The molecule has 1 aliphatic rings. The van der Waals surface area contributed by atoms with Gasteiger partial charge in [-0.2, -0.15) is 0 Å². The Morgan fingerprint density at radius 1 is 1.06 bits per heavy atom. The zero-order chi connectivity index (χ0) is 24.0. The Hall–Kier alpha value is -2.95. The van der Waals surface area contributed by atoms with Crippen LogP contribution in [0.4, 0.5) is 16.4 Å². The summed E-state index contributed by atoms with van der Waals surface area (Å²) in [5.41, 5.74) is 2.95. The van der Waals surface area contributed by atoms with Crippen LogP contribution >= 0.6 is 11.3 Å². The van der Waals surface area contributed by atoms with Gasteiger partial charge in [0.2, 0.25) is 11.8 Å². The van der Waals surface area contributed by atoms with Gasteiger partial charge in [-0.3, -0.25) is 14.5 Å². The lowest BCUT2D eigenvalue weighted by molar-refractivity contribution is -0.119. The Morgan fingerprint density at radius 3 is 2.27 bits per heavy atom. The predicted octanol–water partition coefficient (Wildman–Crippen LogP) is 2.50. The highest BCUT2D eigenvalue weighted by Gasteiger charge is 2.22. The minimum Gasteiger partial charge on any atom is -0.465 e. The lowest BCUT2D eigenvalue weighted by Gasteiger charge is -2.28. The Kier molecular flexibility index (Phi) is 8.43. The van der Waals surface area contributed by atoms with Crippen molar-refractivity contribution in [1.82, 2.24) is 4.90 Å². The van der Waals surface area contributed by atoms with E-state index in [0.717, 1.165) is 29.2 Å². The average Bonchev–Trinajstić information content (AvgIpc) is 3.06. The molecule has 1 aliphatic heterocycles. The number of nitrogens with zero attached hydrogens (tertiary/aromatic N) is 2. The van der Waals surface area contributed by atoms with Gasteiger partial charge >= 0.3 is 5.97 Å². The first-order valence-electron chi connectivity index (χ1n) is 10.7. The van der Waals surface area contributed by atoms with E-state index in [1.54, 1.807) is 11.9 Å². The predicted molar refractivity (Wildman–Crippen MR) is 129 cm³/mol. The van der Waals surface area contributed by atoms with Crippen LogP contribution < -0.4 is 15.5 Å². The van der Waals surface area contributed by atoms with Gasteiger partial charge in [0.05, 0.1) is 39.0 Å². The molecular formula is C23H30N4O5S. The van der Waals surface area contributed by atoms with Crippen molar-refractivity contribution in [3.8, 4) is 0 Å². The van der Waals surface area contributed by atoms with Crippen LogP contribution in [0.25, 0.3) is 0 Å². The summed E-state index contributed by atoms with van der Waals surface area (Å²) in [6, 6.07) is 7.68. The summed E-state index contributed by atoms with van der Waals surface area (Å²) in [5.74, 6) is -1.02. The maximum absolute atomic E-state index is 12.5. The molecule has 0 unspecified atom stereocenters. The average molecular weight is 475 g/mol. The molecule has 0 radical (unpaired) electrons. The van der Waals surface area contributed by atoms with E-state index in [1.807, 2.05) is 38.1 Å². The van der Waals surface area contributed by atoms with E-state index in [9.17, 15) is 14.4 Å². The van der Waals surface area contributed by atoms with E-state index in [0.29, 0.717) is 29.5 Å². The summed E-state index contributed by atoms with van der Waals surface area (Å²) in [5, 5.41) is 6.08. The van der Waals surface area contributed by atoms with Crippen LogP contribution in [0.1, 0.15) is 20.8 Å². The van der Waals surface area contributed by atoms with Crippen molar-refractivity contribution < 1.29 is 23.9 Å². The summed E-state index contributed by atoms with van der Waals surface area (Å²) < 4.78 is 10.2. The topological polar surface area (TPSA) is 100 Å². The summed E-state index contributed by atoms with van der Waals surface area (Å²) in [6.07, 6.45) is 0. The number of morpholine rings is 1. The summed E-state index contributed by atoms with van der Waals surface area (Å²) in [4.78, 5) is 41.7. The first-order chi connectivity index (χ1) is 15.8. The molecule has 33 heavy (non-hydrogen) atoms. The number of hydrogen-bond donors (Lipinski definition) is 2. The molecule has 2 aromatic rings. The van der Waals surface area contributed by atoms with E-state index in [-0.39, 0.29) is 24.9 Å². The normalized spacial score (nSPS) is 13.7. The van der Waals surface area contributed by atoms with E-state index < -0.39 is 5.97 Å². The highest BCUT2D eigenvalue weighted by molar-refractivity contribution is 7.16. The maximum atomic E-state index is 12.5. The van der Waals surface area contributed by atoms with Gasteiger partial charge in [0.1, 0.15) is 5.00 Å². The van der Waals surface area contributed by atoms with Gasteiger partial charge in [-0.25, -0.2) is 4.79 Å². The molecule has 0 spiro atoms. The molecule has 9 nitrogen and oxygen atoms in total. The van der Waals surface area contributed by atoms with Crippen molar-refractivity contribution in [3.63, 3.8) is 0 Å². The van der Waals surface area contributed by atoms with Crippen molar-refractivity contribution in [1.29, 1.82) is 0 Å². The minimum atomic E-state index is -0.487. The van der Waals surface area contributed by atoms with Crippen molar-refractivity contribution >= 4 is 45.5 Å². The molecule has 2 amide bonds. The van der Waals surface area contributed by atoms with E-state index in [4.69, 9.17) is 9.47 Å². The van der Waals surface area contributed by atoms with E-state index in [1.165, 1.54) is 18.4 Å². The molecule has 0 bridgehead atoms. The number of methoxy groups -OCH3 is 1. The van der Waals surface area contributed by atoms with Gasteiger partial charge < -0.3 is 25.0 Å². The van der Waals surface area contributed by atoms with Gasteiger partial charge in [0, 0.05) is 29.3 Å². The largest absolute Gasteiger partial charge is 0.465 e. The second-order valence-corrected chi connectivity index (χ2v) is 9.12. The number of ether oxygens (including phenoxy) is 2. The summed E-state index contributed by atoms with van der Waals surface area (Å²) >= 11 is 1.33. The van der Waals surface area contributed by atoms with E-state index >= 15 is 0 Å². The van der Waals surface area contributed by atoms with E-state index in [2.05, 4.69) is 15.5 Å². The van der Waals surface area contributed by atoms with Crippen LogP contribution in [-0.2, 0) is 19.1 Å². The van der Waals surface area contributed by atoms with Gasteiger partial charge in [-0.1, -0.05) is 0 Å². The molecule has 2 heterocycles. The first-order valence-corrected chi connectivity index (χ1v) is 11.5. The van der Waals surface area contributed by atoms with Crippen LogP contribution in [0.5, 0.6) is 0 Å². The number of aryl methyl sites for hydroxylation is 1. The number of likely N-dealkylation sites (N-methyl/N-ethyl adjacent to an activating group) is 1. The molecule has 10 heteroatoms. The molecule has 2 N–H and O–H groups in total. The van der Waals surface area contributed by atoms with Crippen LogP contribution in [0, 0.1) is 13.8 Å². The molecule has 0 aliphatic carbocycles. The number of thiophene rings is 1. The number of amides is 2. The minimum absolute atomic E-state index is 0.00000328. The molecule has 0 atom stereocenters. The molecule has 0 saturated carbocycles. The van der Waals surface area contributed by atoms with Gasteiger partial charge in [-0.05, 0) is 50.7 Å². The highest BCUT2D eigenvalue weighted by atomic mass is 32.1. The molecule has 178 valence electrons. The zero-order valence-corrected chi connectivity index (χ0v) is 20.2. The highest BCUT2D eigenvalue weighted by Crippen LogP contribution is 2.32. The standard InChI is InChI=1S/C23H30N4O5S/c1-15-16(2)33-22(21(15)23(30)31-4)25-20(29)14-26(3)13-19(28)24-17-5-7-18(8-6-17)27-9-11-32-12-10-27/h5-8H,9-14H2,1-4H3,(H,24,28)(H,25,29). The van der Waals surface area contributed by atoms with Crippen molar-refractivity contribution in [2.75, 3.05) is 69.1 Å². The Labute approximate surface area is 197 Å². The smallest absolute Gasteiger partial charge is 0.341 e. The second kappa shape index (κ2) is 11.3. The quantitative estimate of drug-likeness (QED) is 0.567. The fraction of sp³-hybridized carbons (Fsp3) is 0.435. The lowest BCUT2D eigenvalue weighted by Crippen LogP contribution is -2.36. The number of anilines is 3. The number of rotatable bonds is 8. The SMILES string of the molecule is COC(=O)c1c(NC(=O)CN(C)CC(=O)Nc2ccc(N3CCOCC3)cc2)sc(C)c1C. The molecular weight excluding hydrogens is 444 g/mol. The molecule has 1 saturated heterocycles. The van der Waals surface area contributed by atoms with Crippen LogP contribution in [-0.4, -0.2) is 76.2 Å². The Bertz CT molecular complexity index is 999. The fourth-order valence-electron chi connectivity index (χ4n) is 3.55. The van der Waals surface area contributed by atoms with Crippen molar-refractivity contribution in [2.24, 2.45) is 0 Å². The third kappa shape index (κ3) is 6.53. The maximum Gasteiger partial charge on any atom is 0.341 e. The van der Waals surface area contributed by atoms with Crippen molar-refractivity contribution in [3.05, 3.63) is 40.3 Å². The second-order valence-electron chi connectivity index (χ2n) is 7.89. The number of carbonyl (C=O) groups excluding carboxylic acids is 3. The van der Waals surface area contributed by atoms with Gasteiger partial charge in [0.25, 0.3) is 0 Å². The van der Waals surface area contributed by atoms with Crippen molar-refractivity contribution in [2.45, 2.75) is 13.8 Å². The Morgan fingerprint density at radius 2 is 1.67 bits per heavy atom. The molecule has 3 rings (SSSR count). The van der Waals surface area contributed by atoms with Crippen LogP contribution in [0.2, 0.25) is 0 Å². The fourth-order valence-corrected chi connectivity index (χ4v) is 4.62. The monoisotopic (exact) mass is 474 g/mol. The van der Waals surface area contributed by atoms with Crippen LogP contribution in [0.3, 0.4) is 0 Å². The number of nitrogens with one attached hydrogen (secondary N) is 2. The van der Waals surface area contributed by atoms with Gasteiger partial charge in [-0.15, -0.1) is 11.3 Å². The number of hydrogen-bond acceptors (Lipinski definition) is 8. The third-order valence-corrected chi connectivity index (χ3v) is 6.50.